The molecule has 0 saturated carbocycles. The molecule has 1 atom stereocenters. The highest BCUT2D eigenvalue weighted by molar-refractivity contribution is 5.77. The molecule has 94 valence electrons. The van der Waals surface area contributed by atoms with Crippen molar-refractivity contribution in [3.05, 3.63) is 29.8 Å². The van der Waals surface area contributed by atoms with Gasteiger partial charge in [0.1, 0.15) is 5.75 Å². The Kier molecular flexibility index (Phi) is 5.49. The van der Waals surface area contributed by atoms with E-state index in [1.165, 1.54) is 0 Å². The maximum absolute atomic E-state index is 11.2. The van der Waals surface area contributed by atoms with Crippen LogP contribution in [0.5, 0.6) is 5.75 Å². The van der Waals surface area contributed by atoms with E-state index in [2.05, 4.69) is 5.32 Å². The molecule has 1 aromatic rings. The zero-order valence-electron chi connectivity index (χ0n) is 10.3. The quantitative estimate of drug-likeness (QED) is 0.791. The minimum atomic E-state index is -0.438. The van der Waals surface area contributed by atoms with Crippen molar-refractivity contribution in [3.63, 3.8) is 0 Å². The molecule has 0 radical (unpaired) electrons. The van der Waals surface area contributed by atoms with Gasteiger partial charge in [0.15, 0.2) is 6.61 Å². The molecule has 0 aliphatic rings. The van der Waals surface area contributed by atoms with Gasteiger partial charge in [-0.05, 0) is 31.0 Å². The van der Waals surface area contributed by atoms with Crippen molar-refractivity contribution in [1.29, 1.82) is 0 Å². The van der Waals surface area contributed by atoms with Crippen LogP contribution >= 0.6 is 0 Å². The second-order valence-electron chi connectivity index (χ2n) is 3.74. The molecule has 1 unspecified atom stereocenters. The number of ether oxygens (including phenoxy) is 1. The SMILES string of the molecule is CCNC(=O)COc1ccc(C(O)CC)cc1. The molecule has 0 aromatic heterocycles. The third kappa shape index (κ3) is 4.44. The van der Waals surface area contributed by atoms with E-state index in [0.717, 1.165) is 5.56 Å². The first kappa shape index (κ1) is 13.5. The average Bonchev–Trinajstić information content (AvgIpc) is 2.36. The summed E-state index contributed by atoms with van der Waals surface area (Å²) in [7, 11) is 0. The molecule has 17 heavy (non-hydrogen) atoms. The van der Waals surface area contributed by atoms with Gasteiger partial charge in [-0.1, -0.05) is 19.1 Å². The molecule has 1 aromatic carbocycles. The minimum Gasteiger partial charge on any atom is -0.484 e. The first-order valence-electron chi connectivity index (χ1n) is 5.84. The smallest absolute Gasteiger partial charge is 0.257 e. The zero-order chi connectivity index (χ0) is 12.7. The van der Waals surface area contributed by atoms with Gasteiger partial charge in [0, 0.05) is 6.54 Å². The van der Waals surface area contributed by atoms with Crippen molar-refractivity contribution in [3.8, 4) is 5.75 Å². The molecule has 0 spiro atoms. The summed E-state index contributed by atoms with van der Waals surface area (Å²) >= 11 is 0. The van der Waals surface area contributed by atoms with Crippen molar-refractivity contribution in [2.45, 2.75) is 26.4 Å². The number of likely N-dealkylation sites (N-methyl/N-ethyl adjacent to an activating group) is 1. The summed E-state index contributed by atoms with van der Waals surface area (Å²) in [5, 5.41) is 12.3. The van der Waals surface area contributed by atoms with Gasteiger partial charge in [0.05, 0.1) is 6.10 Å². The van der Waals surface area contributed by atoms with E-state index in [0.29, 0.717) is 18.7 Å². The van der Waals surface area contributed by atoms with E-state index in [9.17, 15) is 9.90 Å². The molecule has 1 amide bonds. The van der Waals surface area contributed by atoms with Gasteiger partial charge in [-0.2, -0.15) is 0 Å². The number of hydrogen-bond donors (Lipinski definition) is 2. The fourth-order valence-corrected chi connectivity index (χ4v) is 1.42. The number of benzene rings is 1. The Balaban J connectivity index is 2.48. The van der Waals surface area contributed by atoms with Crippen LogP contribution in [-0.4, -0.2) is 24.2 Å². The highest BCUT2D eigenvalue weighted by atomic mass is 16.5. The average molecular weight is 237 g/mol. The minimum absolute atomic E-state index is 0.0174. The van der Waals surface area contributed by atoms with Crippen molar-refractivity contribution < 1.29 is 14.6 Å². The Bertz CT molecular complexity index is 348. The van der Waals surface area contributed by atoms with Crippen LogP contribution < -0.4 is 10.1 Å². The second kappa shape index (κ2) is 6.91. The highest BCUT2D eigenvalue weighted by Crippen LogP contribution is 2.19. The Morgan fingerprint density at radius 2 is 2.00 bits per heavy atom. The van der Waals surface area contributed by atoms with E-state index >= 15 is 0 Å². The lowest BCUT2D eigenvalue weighted by Crippen LogP contribution is -2.28. The molecule has 0 fully saturated rings. The number of rotatable bonds is 6. The molecule has 0 heterocycles. The summed E-state index contributed by atoms with van der Waals surface area (Å²) in [5.74, 6) is 0.494. The first-order chi connectivity index (χ1) is 8.17. The van der Waals surface area contributed by atoms with Crippen LogP contribution in [0.3, 0.4) is 0 Å². The molecule has 4 heteroatoms. The molecule has 0 aliphatic carbocycles. The Hall–Kier alpha value is -1.55. The highest BCUT2D eigenvalue weighted by Gasteiger charge is 2.05. The lowest BCUT2D eigenvalue weighted by atomic mass is 10.1. The van der Waals surface area contributed by atoms with Crippen LogP contribution in [0.15, 0.2) is 24.3 Å². The molecular weight excluding hydrogens is 218 g/mol. The summed E-state index contributed by atoms with van der Waals surface area (Å²) in [4.78, 5) is 11.2. The molecule has 2 N–H and O–H groups in total. The third-order valence-corrected chi connectivity index (χ3v) is 2.40. The summed E-state index contributed by atoms with van der Waals surface area (Å²) in [6.07, 6.45) is 0.242. The predicted molar refractivity (Wildman–Crippen MR) is 65.9 cm³/mol. The van der Waals surface area contributed by atoms with Gasteiger partial charge in [0.2, 0.25) is 0 Å². The van der Waals surface area contributed by atoms with Crippen LogP contribution in [0.25, 0.3) is 0 Å². The number of nitrogens with one attached hydrogen (secondary N) is 1. The van der Waals surface area contributed by atoms with Gasteiger partial charge in [-0.15, -0.1) is 0 Å². The van der Waals surface area contributed by atoms with Crippen LogP contribution in [0.1, 0.15) is 31.9 Å². The number of amides is 1. The molecule has 0 aliphatic heterocycles. The summed E-state index contributed by atoms with van der Waals surface area (Å²) < 4.78 is 5.30. The van der Waals surface area contributed by atoms with Crippen molar-refractivity contribution in [1.82, 2.24) is 5.32 Å². The fraction of sp³-hybridized carbons (Fsp3) is 0.462. The summed E-state index contributed by atoms with van der Waals surface area (Å²) in [6.45, 7) is 4.40. The zero-order valence-corrected chi connectivity index (χ0v) is 10.3. The normalized spacial score (nSPS) is 11.9. The van der Waals surface area contributed by atoms with Crippen molar-refractivity contribution >= 4 is 5.91 Å². The summed E-state index contributed by atoms with van der Waals surface area (Å²) in [6, 6.07) is 7.13. The summed E-state index contributed by atoms with van der Waals surface area (Å²) in [5.41, 5.74) is 0.859. The third-order valence-electron chi connectivity index (χ3n) is 2.40. The van der Waals surface area contributed by atoms with E-state index in [-0.39, 0.29) is 12.5 Å². The lowest BCUT2D eigenvalue weighted by molar-refractivity contribution is -0.122. The maximum atomic E-state index is 11.2. The number of carbonyl (C=O) groups excluding carboxylic acids is 1. The molecule has 0 saturated heterocycles. The lowest BCUT2D eigenvalue weighted by Gasteiger charge is -2.10. The number of carbonyl (C=O) groups is 1. The number of aliphatic hydroxyl groups is 1. The first-order valence-corrected chi connectivity index (χ1v) is 5.84. The van der Waals surface area contributed by atoms with Crippen molar-refractivity contribution in [2.24, 2.45) is 0 Å². The topological polar surface area (TPSA) is 58.6 Å². The van der Waals surface area contributed by atoms with Gasteiger partial charge in [0.25, 0.3) is 5.91 Å². The van der Waals surface area contributed by atoms with E-state index in [1.54, 1.807) is 24.3 Å². The molecule has 4 nitrogen and oxygen atoms in total. The Morgan fingerprint density at radius 1 is 1.35 bits per heavy atom. The fourth-order valence-electron chi connectivity index (χ4n) is 1.42. The van der Waals surface area contributed by atoms with Crippen LogP contribution in [0, 0.1) is 0 Å². The van der Waals surface area contributed by atoms with Crippen molar-refractivity contribution in [2.75, 3.05) is 13.2 Å². The van der Waals surface area contributed by atoms with Gasteiger partial charge >= 0.3 is 0 Å². The molecule has 1 rings (SSSR count). The van der Waals surface area contributed by atoms with E-state index < -0.39 is 6.10 Å². The predicted octanol–water partition coefficient (Wildman–Crippen LogP) is 1.64. The van der Waals surface area contributed by atoms with E-state index in [4.69, 9.17) is 4.74 Å². The number of hydrogen-bond acceptors (Lipinski definition) is 3. The van der Waals surface area contributed by atoms with Gasteiger partial charge in [-0.25, -0.2) is 0 Å². The Labute approximate surface area is 102 Å². The standard InChI is InChI=1S/C13H19NO3/c1-3-12(15)10-5-7-11(8-6-10)17-9-13(16)14-4-2/h5-8,12,15H,3-4,9H2,1-2H3,(H,14,16). The monoisotopic (exact) mass is 237 g/mol. The van der Waals surface area contributed by atoms with E-state index in [1.807, 2.05) is 13.8 Å². The maximum Gasteiger partial charge on any atom is 0.257 e. The van der Waals surface area contributed by atoms with Crippen LogP contribution in [0.2, 0.25) is 0 Å². The van der Waals surface area contributed by atoms with Gasteiger partial charge < -0.3 is 15.2 Å². The van der Waals surface area contributed by atoms with Gasteiger partial charge in [-0.3, -0.25) is 4.79 Å². The van der Waals surface area contributed by atoms with Crippen LogP contribution in [0.4, 0.5) is 0 Å². The molecule has 0 bridgehead atoms. The molecular formula is C13H19NO3. The van der Waals surface area contributed by atoms with Crippen LogP contribution in [-0.2, 0) is 4.79 Å². The second-order valence-corrected chi connectivity index (χ2v) is 3.74. The Morgan fingerprint density at radius 3 is 2.53 bits per heavy atom. The largest absolute Gasteiger partial charge is 0.484 e. The number of aliphatic hydroxyl groups excluding tert-OH is 1.